The molecule has 0 atom stereocenters. The summed E-state index contributed by atoms with van der Waals surface area (Å²) in [5.41, 5.74) is -0.686. The molecule has 6 nitrogen and oxygen atoms in total. The first-order chi connectivity index (χ1) is 14.1. The Morgan fingerprint density at radius 2 is 1.87 bits per heavy atom. The van der Waals surface area contributed by atoms with Crippen LogP contribution >= 0.6 is 11.3 Å². The van der Waals surface area contributed by atoms with Crippen molar-refractivity contribution < 1.29 is 26.7 Å². The lowest BCUT2D eigenvalue weighted by Gasteiger charge is -2.12. The van der Waals surface area contributed by atoms with Gasteiger partial charge in [-0.05, 0) is 30.3 Å². The van der Waals surface area contributed by atoms with Gasteiger partial charge in [0.25, 0.3) is 0 Å². The second-order valence-corrected chi connectivity index (χ2v) is 9.10. The van der Waals surface area contributed by atoms with Gasteiger partial charge in [-0.3, -0.25) is 14.8 Å². The zero-order valence-corrected chi connectivity index (χ0v) is 16.4. The quantitative estimate of drug-likeness (QED) is 0.637. The monoisotopic (exact) mass is 452 g/mol. The summed E-state index contributed by atoms with van der Waals surface area (Å²) in [6.07, 6.45) is -1.76. The summed E-state index contributed by atoms with van der Waals surface area (Å²) in [6.45, 7) is 0. The van der Waals surface area contributed by atoms with Crippen LogP contribution in [0.5, 0.6) is 5.88 Å². The van der Waals surface area contributed by atoms with Crippen molar-refractivity contribution in [3.8, 4) is 5.88 Å². The summed E-state index contributed by atoms with van der Waals surface area (Å²) in [6, 6.07) is 7.88. The van der Waals surface area contributed by atoms with Crippen molar-refractivity contribution in [2.24, 2.45) is 4.99 Å². The Kier molecular flexibility index (Phi) is 4.66. The third kappa shape index (κ3) is 3.35. The van der Waals surface area contributed by atoms with Crippen molar-refractivity contribution in [3.05, 3.63) is 73.0 Å². The van der Waals surface area contributed by atoms with Crippen molar-refractivity contribution in [1.82, 2.24) is 4.98 Å². The zero-order valence-electron chi connectivity index (χ0n) is 14.8. The van der Waals surface area contributed by atoms with Gasteiger partial charge in [0.1, 0.15) is 9.78 Å². The molecule has 1 aromatic heterocycles. The largest absolute Gasteiger partial charge is 0.493 e. The number of aromatic nitrogens is 1. The van der Waals surface area contributed by atoms with E-state index in [-0.39, 0.29) is 10.1 Å². The number of sulfone groups is 1. The molecule has 0 saturated heterocycles. The Bertz CT molecular complexity index is 1480. The third-order valence-electron chi connectivity index (χ3n) is 4.36. The van der Waals surface area contributed by atoms with Crippen LogP contribution in [0.4, 0.5) is 18.9 Å². The number of nitrogens with one attached hydrogen (secondary N) is 1. The minimum Gasteiger partial charge on any atom is -0.493 e. The molecular formula is C19H11F3N2O4S2. The SMILES string of the molecule is O=c1[nH]c(O)c(C(=c2cccc3c2=CC=N3)S(=O)(=O)c2cccc(C(F)(F)F)c2)s1. The summed E-state index contributed by atoms with van der Waals surface area (Å²) in [5, 5.41) is 10.7. The number of hydrogen-bond donors (Lipinski definition) is 2. The Balaban J connectivity index is 2.12. The van der Waals surface area contributed by atoms with Gasteiger partial charge in [0.2, 0.25) is 15.7 Å². The molecule has 2 N–H and O–H groups in total. The molecule has 0 unspecified atom stereocenters. The van der Waals surface area contributed by atoms with Gasteiger partial charge >= 0.3 is 11.0 Å². The smallest absolute Gasteiger partial charge is 0.416 e. The van der Waals surface area contributed by atoms with Gasteiger partial charge < -0.3 is 5.11 Å². The predicted octanol–water partition coefficient (Wildman–Crippen LogP) is 2.29. The highest BCUT2D eigenvalue weighted by Crippen LogP contribution is 2.35. The molecule has 0 fully saturated rings. The van der Waals surface area contributed by atoms with Crippen LogP contribution < -0.4 is 15.3 Å². The van der Waals surface area contributed by atoms with E-state index < -0.39 is 42.1 Å². The molecule has 0 saturated carbocycles. The van der Waals surface area contributed by atoms with Crippen molar-refractivity contribution >= 4 is 44.1 Å². The normalized spacial score (nSPS) is 14.4. The number of halogens is 3. The first kappa shape index (κ1) is 20.1. The second kappa shape index (κ2) is 6.96. The molecule has 2 heterocycles. The van der Waals surface area contributed by atoms with Crippen LogP contribution in [0.3, 0.4) is 0 Å². The molecule has 0 aliphatic carbocycles. The number of aliphatic imine (C=N–C) groups is 1. The highest BCUT2D eigenvalue weighted by molar-refractivity contribution is 8.00. The van der Waals surface area contributed by atoms with E-state index in [4.69, 9.17) is 0 Å². The average Bonchev–Trinajstić information content (AvgIpc) is 3.28. The van der Waals surface area contributed by atoms with Gasteiger partial charge in [-0.1, -0.05) is 29.5 Å². The summed E-state index contributed by atoms with van der Waals surface area (Å²) in [5.74, 6) is -0.688. The minimum atomic E-state index is -4.75. The summed E-state index contributed by atoms with van der Waals surface area (Å²) >= 11 is 0.440. The molecule has 11 heteroatoms. The maximum atomic E-state index is 13.5. The van der Waals surface area contributed by atoms with Crippen LogP contribution in [-0.2, 0) is 16.0 Å². The Labute approximate surface area is 170 Å². The van der Waals surface area contributed by atoms with Gasteiger partial charge in [-0.2, -0.15) is 13.2 Å². The molecule has 1 aliphatic heterocycles. The van der Waals surface area contributed by atoms with Crippen LogP contribution in [-0.4, -0.2) is 24.7 Å². The topological polar surface area (TPSA) is 99.6 Å². The van der Waals surface area contributed by atoms with Crippen molar-refractivity contribution in [3.63, 3.8) is 0 Å². The maximum Gasteiger partial charge on any atom is 0.416 e. The molecule has 30 heavy (non-hydrogen) atoms. The van der Waals surface area contributed by atoms with E-state index in [0.29, 0.717) is 28.3 Å². The lowest BCUT2D eigenvalue weighted by atomic mass is 10.2. The van der Waals surface area contributed by atoms with E-state index in [0.717, 1.165) is 18.2 Å². The van der Waals surface area contributed by atoms with E-state index in [2.05, 4.69) is 9.98 Å². The first-order valence-electron chi connectivity index (χ1n) is 8.31. The average molecular weight is 452 g/mol. The van der Waals surface area contributed by atoms with Crippen molar-refractivity contribution in [2.45, 2.75) is 11.1 Å². The number of rotatable bonds is 3. The second-order valence-electron chi connectivity index (χ2n) is 6.23. The number of H-pyrrole nitrogens is 1. The molecule has 0 amide bonds. The molecule has 2 aromatic carbocycles. The van der Waals surface area contributed by atoms with Crippen LogP contribution in [0.2, 0.25) is 0 Å². The third-order valence-corrected chi connectivity index (χ3v) is 7.21. The Morgan fingerprint density at radius 3 is 2.53 bits per heavy atom. The Morgan fingerprint density at radius 1 is 1.13 bits per heavy atom. The molecule has 0 spiro atoms. The number of nitrogens with zero attached hydrogens (tertiary/aromatic N) is 1. The molecule has 154 valence electrons. The van der Waals surface area contributed by atoms with Crippen molar-refractivity contribution in [2.75, 3.05) is 0 Å². The van der Waals surface area contributed by atoms with E-state index in [1.165, 1.54) is 18.3 Å². The molecular weight excluding hydrogens is 441 g/mol. The lowest BCUT2D eigenvalue weighted by Crippen LogP contribution is -2.29. The van der Waals surface area contributed by atoms with Crippen LogP contribution in [0.25, 0.3) is 11.0 Å². The van der Waals surface area contributed by atoms with Gasteiger partial charge in [-0.15, -0.1) is 0 Å². The fourth-order valence-corrected chi connectivity index (χ4v) is 5.77. The fraction of sp³-hybridized carbons (Fsp3) is 0.0526. The number of alkyl halides is 3. The zero-order chi connectivity index (χ0) is 21.7. The van der Waals surface area contributed by atoms with Gasteiger partial charge in [-0.25, -0.2) is 8.42 Å². The summed E-state index contributed by atoms with van der Waals surface area (Å²) in [4.78, 5) is 15.8. The number of aromatic amines is 1. The number of fused-ring (bicyclic) bond motifs is 1. The fourth-order valence-electron chi connectivity index (χ4n) is 3.05. The lowest BCUT2D eigenvalue weighted by molar-refractivity contribution is -0.137. The standard InChI is InChI=1S/C19H11F3N2O4S2/c20-19(21,22)10-3-1-4-11(9-10)30(27,28)16(15-17(25)24-18(26)29-15)13-5-2-6-14-12(13)7-8-23-14/h1-9,25H,(H,24,26). The van der Waals surface area contributed by atoms with Gasteiger partial charge in [0.15, 0.2) is 0 Å². The molecule has 0 bridgehead atoms. The maximum absolute atomic E-state index is 13.5. The molecule has 0 radical (unpaired) electrons. The number of thiazole rings is 1. The number of benzene rings is 2. The van der Waals surface area contributed by atoms with E-state index >= 15 is 0 Å². The van der Waals surface area contributed by atoms with Crippen molar-refractivity contribution in [1.29, 1.82) is 0 Å². The number of hydrogen-bond acceptors (Lipinski definition) is 6. The van der Waals surface area contributed by atoms with Gasteiger partial charge in [0, 0.05) is 16.7 Å². The van der Waals surface area contributed by atoms with E-state index in [1.54, 1.807) is 12.1 Å². The minimum absolute atomic E-state index is 0.105. The van der Waals surface area contributed by atoms with Gasteiger partial charge in [0.05, 0.1) is 16.1 Å². The first-order valence-corrected chi connectivity index (χ1v) is 10.6. The summed E-state index contributed by atoms with van der Waals surface area (Å²) < 4.78 is 66.4. The molecule has 3 aromatic rings. The highest BCUT2D eigenvalue weighted by atomic mass is 32.2. The highest BCUT2D eigenvalue weighted by Gasteiger charge is 2.34. The van der Waals surface area contributed by atoms with Crippen LogP contribution in [0.15, 0.2) is 57.1 Å². The number of aromatic hydroxyl groups is 1. The Hall–Kier alpha value is -3.18. The van der Waals surface area contributed by atoms with Crippen LogP contribution in [0.1, 0.15) is 10.4 Å². The van der Waals surface area contributed by atoms with E-state index in [9.17, 15) is 31.5 Å². The van der Waals surface area contributed by atoms with E-state index in [1.807, 2.05) is 0 Å². The summed E-state index contributed by atoms with van der Waals surface area (Å²) in [7, 11) is -4.59. The van der Waals surface area contributed by atoms with Crippen LogP contribution in [0, 0.1) is 0 Å². The predicted molar refractivity (Wildman–Crippen MR) is 106 cm³/mol. The molecule has 1 aliphatic rings. The molecule has 4 rings (SSSR count).